The molecule has 1 aromatic carbocycles. The molecule has 0 aliphatic carbocycles. The molecule has 1 atom stereocenters. The first-order valence-electron chi connectivity index (χ1n) is 6.43. The molecular formula is C15H17N3O2S. The number of amides is 1. The van der Waals surface area contributed by atoms with E-state index in [9.17, 15) is 4.79 Å². The van der Waals surface area contributed by atoms with Gasteiger partial charge in [0.05, 0.1) is 6.04 Å². The van der Waals surface area contributed by atoms with Crippen LogP contribution in [0.1, 0.15) is 33.8 Å². The van der Waals surface area contributed by atoms with E-state index in [4.69, 9.17) is 10.9 Å². The van der Waals surface area contributed by atoms with Crippen molar-refractivity contribution in [3.8, 4) is 0 Å². The number of hydrogen-bond acceptors (Lipinski definition) is 4. The molecule has 3 N–H and O–H groups in total. The van der Waals surface area contributed by atoms with Crippen LogP contribution in [0.2, 0.25) is 0 Å². The monoisotopic (exact) mass is 303 g/mol. The van der Waals surface area contributed by atoms with E-state index in [1.54, 1.807) is 47.5 Å². The zero-order valence-electron chi connectivity index (χ0n) is 11.9. The van der Waals surface area contributed by atoms with Crippen molar-refractivity contribution in [3.63, 3.8) is 0 Å². The summed E-state index contributed by atoms with van der Waals surface area (Å²) in [5.74, 6) is -0.123. The number of rotatable bonds is 4. The molecule has 21 heavy (non-hydrogen) atoms. The van der Waals surface area contributed by atoms with Crippen molar-refractivity contribution >= 4 is 23.1 Å². The van der Waals surface area contributed by atoms with Gasteiger partial charge in [0.2, 0.25) is 0 Å². The van der Waals surface area contributed by atoms with Gasteiger partial charge in [-0.3, -0.25) is 4.79 Å². The van der Waals surface area contributed by atoms with E-state index in [0.717, 1.165) is 4.88 Å². The fraction of sp³-hybridized carbons (Fsp3) is 0.200. The molecule has 0 bridgehead atoms. The molecule has 0 spiro atoms. The van der Waals surface area contributed by atoms with Crippen molar-refractivity contribution in [1.29, 1.82) is 0 Å². The number of benzene rings is 1. The molecule has 6 heteroatoms. The van der Waals surface area contributed by atoms with Gasteiger partial charge >= 0.3 is 0 Å². The van der Waals surface area contributed by atoms with Gasteiger partial charge in [0.15, 0.2) is 5.84 Å². The molecule has 0 radical (unpaired) electrons. The van der Waals surface area contributed by atoms with Gasteiger partial charge in [-0.05, 0) is 30.5 Å². The summed E-state index contributed by atoms with van der Waals surface area (Å²) in [6, 6.07) is 10.7. The Labute approximate surface area is 127 Å². The van der Waals surface area contributed by atoms with Crippen LogP contribution in [0.15, 0.2) is 46.9 Å². The summed E-state index contributed by atoms with van der Waals surface area (Å²) in [5.41, 5.74) is 6.57. The maximum Gasteiger partial charge on any atom is 0.254 e. The molecule has 0 saturated carbocycles. The average Bonchev–Trinajstić information content (AvgIpc) is 3.06. The quantitative estimate of drug-likeness (QED) is 0.394. The van der Waals surface area contributed by atoms with Gasteiger partial charge in [-0.1, -0.05) is 23.4 Å². The van der Waals surface area contributed by atoms with Gasteiger partial charge in [0, 0.05) is 23.1 Å². The van der Waals surface area contributed by atoms with E-state index in [1.165, 1.54) is 0 Å². The second kappa shape index (κ2) is 6.41. The highest BCUT2D eigenvalue weighted by molar-refractivity contribution is 7.10. The number of hydrogen-bond donors (Lipinski definition) is 2. The summed E-state index contributed by atoms with van der Waals surface area (Å²) in [5, 5.41) is 13.6. The van der Waals surface area contributed by atoms with Crippen LogP contribution < -0.4 is 5.73 Å². The molecule has 110 valence electrons. The zero-order chi connectivity index (χ0) is 15.4. The molecule has 1 amide bonds. The van der Waals surface area contributed by atoms with Crippen molar-refractivity contribution in [1.82, 2.24) is 4.90 Å². The molecule has 0 fully saturated rings. The van der Waals surface area contributed by atoms with Gasteiger partial charge in [-0.2, -0.15) is 0 Å². The van der Waals surface area contributed by atoms with Crippen molar-refractivity contribution in [2.24, 2.45) is 10.9 Å². The van der Waals surface area contributed by atoms with Crippen LogP contribution in [0.25, 0.3) is 0 Å². The highest BCUT2D eigenvalue weighted by Crippen LogP contribution is 2.24. The number of thiophene rings is 1. The first-order valence-corrected chi connectivity index (χ1v) is 7.31. The topological polar surface area (TPSA) is 78.9 Å². The van der Waals surface area contributed by atoms with Gasteiger partial charge in [0.1, 0.15) is 0 Å². The Balaban J connectivity index is 2.23. The number of carbonyl (C=O) groups is 1. The molecule has 0 aliphatic rings. The van der Waals surface area contributed by atoms with Crippen LogP contribution >= 0.6 is 11.3 Å². The van der Waals surface area contributed by atoms with Crippen molar-refractivity contribution in [2.45, 2.75) is 13.0 Å². The minimum Gasteiger partial charge on any atom is -0.409 e. The lowest BCUT2D eigenvalue weighted by Crippen LogP contribution is -2.29. The number of nitrogens with two attached hydrogens (primary N) is 1. The second-order valence-electron chi connectivity index (χ2n) is 4.67. The van der Waals surface area contributed by atoms with Crippen LogP contribution in [-0.2, 0) is 0 Å². The Kier molecular flexibility index (Phi) is 4.59. The normalized spacial score (nSPS) is 13.0. The smallest absolute Gasteiger partial charge is 0.254 e. The SMILES string of the molecule is CC(c1cccs1)N(C)C(=O)c1cccc(C(N)=NO)c1. The van der Waals surface area contributed by atoms with E-state index < -0.39 is 0 Å². The summed E-state index contributed by atoms with van der Waals surface area (Å²) < 4.78 is 0. The number of oxime groups is 1. The van der Waals surface area contributed by atoms with Crippen LogP contribution in [0.4, 0.5) is 0 Å². The van der Waals surface area contributed by atoms with E-state index in [-0.39, 0.29) is 17.8 Å². The summed E-state index contributed by atoms with van der Waals surface area (Å²) in [6.45, 7) is 1.98. The van der Waals surface area contributed by atoms with Gasteiger partial charge in [-0.25, -0.2) is 0 Å². The number of amidine groups is 1. The zero-order valence-corrected chi connectivity index (χ0v) is 12.7. The van der Waals surface area contributed by atoms with Crippen LogP contribution in [0.5, 0.6) is 0 Å². The van der Waals surface area contributed by atoms with Gasteiger partial charge < -0.3 is 15.8 Å². The van der Waals surface area contributed by atoms with Crippen LogP contribution in [0.3, 0.4) is 0 Å². The minimum absolute atomic E-state index is 0.00925. The third-order valence-corrected chi connectivity index (χ3v) is 4.41. The van der Waals surface area contributed by atoms with Crippen molar-refractivity contribution in [3.05, 3.63) is 57.8 Å². The lowest BCUT2D eigenvalue weighted by Gasteiger charge is -2.24. The van der Waals surface area contributed by atoms with E-state index >= 15 is 0 Å². The Morgan fingerprint density at radius 2 is 2.05 bits per heavy atom. The first-order chi connectivity index (χ1) is 10.0. The maximum atomic E-state index is 12.5. The summed E-state index contributed by atoms with van der Waals surface area (Å²) in [6.07, 6.45) is 0. The molecule has 0 aliphatic heterocycles. The standard InChI is InChI=1S/C15H17N3O2S/c1-10(13-7-4-8-21-13)18(2)15(19)12-6-3-5-11(9-12)14(16)17-20/h3-10,20H,1-2H3,(H2,16,17). The maximum absolute atomic E-state index is 12.5. The Hall–Kier alpha value is -2.34. The molecule has 1 aromatic heterocycles. The molecule has 5 nitrogen and oxygen atoms in total. The first kappa shape index (κ1) is 15.1. The van der Waals surface area contributed by atoms with Crippen LogP contribution in [0, 0.1) is 0 Å². The molecule has 2 rings (SSSR count). The third kappa shape index (κ3) is 3.22. The molecule has 2 aromatic rings. The fourth-order valence-electron chi connectivity index (χ4n) is 1.97. The predicted octanol–water partition coefficient (Wildman–Crippen LogP) is 2.68. The van der Waals surface area contributed by atoms with Crippen molar-refractivity contribution in [2.75, 3.05) is 7.05 Å². The Morgan fingerprint density at radius 3 is 2.67 bits per heavy atom. The molecule has 1 heterocycles. The summed E-state index contributed by atoms with van der Waals surface area (Å²) in [4.78, 5) is 15.3. The second-order valence-corrected chi connectivity index (χ2v) is 5.65. The lowest BCUT2D eigenvalue weighted by atomic mass is 10.1. The highest BCUT2D eigenvalue weighted by Gasteiger charge is 2.20. The van der Waals surface area contributed by atoms with Crippen molar-refractivity contribution < 1.29 is 10.0 Å². The summed E-state index contributed by atoms with van der Waals surface area (Å²) >= 11 is 1.62. The van der Waals surface area contributed by atoms with Crippen LogP contribution in [-0.4, -0.2) is 28.9 Å². The molecule has 1 unspecified atom stereocenters. The minimum atomic E-state index is -0.108. The Morgan fingerprint density at radius 1 is 1.33 bits per heavy atom. The van der Waals surface area contributed by atoms with E-state index in [2.05, 4.69) is 5.16 Å². The summed E-state index contributed by atoms with van der Waals surface area (Å²) in [7, 11) is 1.77. The fourth-order valence-corrected chi connectivity index (χ4v) is 2.80. The third-order valence-electron chi connectivity index (χ3n) is 3.37. The molecule has 0 saturated heterocycles. The predicted molar refractivity (Wildman–Crippen MR) is 83.8 cm³/mol. The van der Waals surface area contributed by atoms with Gasteiger partial charge in [0.25, 0.3) is 5.91 Å². The number of carbonyl (C=O) groups excluding carboxylic acids is 1. The largest absolute Gasteiger partial charge is 0.409 e. The van der Waals surface area contributed by atoms with E-state index in [0.29, 0.717) is 11.1 Å². The average molecular weight is 303 g/mol. The number of nitrogens with zero attached hydrogens (tertiary/aromatic N) is 2. The van der Waals surface area contributed by atoms with E-state index in [1.807, 2.05) is 24.4 Å². The van der Waals surface area contributed by atoms with Gasteiger partial charge in [-0.15, -0.1) is 11.3 Å². The Bertz CT molecular complexity index is 653. The molecular weight excluding hydrogens is 286 g/mol. The highest BCUT2D eigenvalue weighted by atomic mass is 32.1. The lowest BCUT2D eigenvalue weighted by molar-refractivity contribution is 0.0745.